The molecule has 1 unspecified atom stereocenters. The Kier molecular flexibility index (Phi) is 3.68. The Bertz CT molecular complexity index is 565. The van der Waals surface area contributed by atoms with Crippen LogP contribution in [-0.4, -0.2) is 16.8 Å². The molecular formula is C13H15ClFN3. The molecule has 0 saturated carbocycles. The van der Waals surface area contributed by atoms with Crippen molar-refractivity contribution in [2.45, 2.75) is 13.0 Å². The minimum atomic E-state index is -0.298. The maximum Gasteiger partial charge on any atom is 0.123 e. The van der Waals surface area contributed by atoms with Crippen molar-refractivity contribution in [1.29, 1.82) is 0 Å². The first-order valence-corrected chi connectivity index (χ1v) is 6.03. The highest BCUT2D eigenvalue weighted by Crippen LogP contribution is 2.28. The number of nitrogens with zero attached hydrogens (tertiary/aromatic N) is 2. The Hall–Kier alpha value is -1.39. The number of nitrogens with one attached hydrogen (secondary N) is 1. The van der Waals surface area contributed by atoms with E-state index in [9.17, 15) is 4.39 Å². The summed E-state index contributed by atoms with van der Waals surface area (Å²) in [6, 6.07) is 6.15. The molecule has 3 nitrogen and oxygen atoms in total. The molecule has 96 valence electrons. The molecule has 1 aromatic heterocycles. The predicted octanol–water partition coefficient (Wildman–Crippen LogP) is 2.83. The quantitative estimate of drug-likeness (QED) is 0.927. The summed E-state index contributed by atoms with van der Waals surface area (Å²) in [5.41, 5.74) is 2.57. The van der Waals surface area contributed by atoms with E-state index in [1.165, 1.54) is 12.1 Å². The van der Waals surface area contributed by atoms with Crippen LogP contribution in [0.2, 0.25) is 5.02 Å². The first kappa shape index (κ1) is 13.1. The lowest BCUT2D eigenvalue weighted by Gasteiger charge is -2.18. The van der Waals surface area contributed by atoms with Gasteiger partial charge in [-0.05, 0) is 43.8 Å². The fourth-order valence-corrected chi connectivity index (χ4v) is 2.33. The van der Waals surface area contributed by atoms with Crippen LogP contribution >= 0.6 is 11.6 Å². The molecule has 1 aromatic carbocycles. The number of hydrogen-bond donors (Lipinski definition) is 1. The molecule has 2 aromatic rings. The van der Waals surface area contributed by atoms with Gasteiger partial charge in [0.2, 0.25) is 0 Å². The van der Waals surface area contributed by atoms with Crippen molar-refractivity contribution in [1.82, 2.24) is 15.1 Å². The highest BCUT2D eigenvalue weighted by molar-refractivity contribution is 6.31. The van der Waals surface area contributed by atoms with Crippen LogP contribution in [0.25, 0.3) is 0 Å². The van der Waals surface area contributed by atoms with Crippen molar-refractivity contribution in [2.24, 2.45) is 7.05 Å². The van der Waals surface area contributed by atoms with E-state index in [1.54, 1.807) is 10.7 Å². The van der Waals surface area contributed by atoms with Gasteiger partial charge in [0.25, 0.3) is 0 Å². The van der Waals surface area contributed by atoms with Crippen LogP contribution in [0.3, 0.4) is 0 Å². The lowest BCUT2D eigenvalue weighted by atomic mass is 10.0. The molecule has 1 N–H and O–H groups in total. The van der Waals surface area contributed by atoms with Crippen LogP contribution in [0.15, 0.2) is 24.3 Å². The Morgan fingerprint density at radius 2 is 2.11 bits per heavy atom. The Balaban J connectivity index is 2.51. The topological polar surface area (TPSA) is 29.9 Å². The van der Waals surface area contributed by atoms with E-state index in [0.29, 0.717) is 10.6 Å². The average molecular weight is 268 g/mol. The van der Waals surface area contributed by atoms with E-state index >= 15 is 0 Å². The zero-order valence-electron chi connectivity index (χ0n) is 10.5. The summed E-state index contributed by atoms with van der Waals surface area (Å²) < 4.78 is 15.1. The first-order valence-electron chi connectivity index (χ1n) is 5.65. The molecule has 0 radical (unpaired) electrons. The fraction of sp³-hybridized carbons (Fsp3) is 0.308. The van der Waals surface area contributed by atoms with Gasteiger partial charge in [-0.2, -0.15) is 5.10 Å². The molecule has 0 bridgehead atoms. The van der Waals surface area contributed by atoms with Gasteiger partial charge in [0.1, 0.15) is 5.82 Å². The molecule has 0 fully saturated rings. The van der Waals surface area contributed by atoms with Gasteiger partial charge >= 0.3 is 0 Å². The highest BCUT2D eigenvalue weighted by Gasteiger charge is 2.19. The first-order chi connectivity index (χ1) is 8.52. The summed E-state index contributed by atoms with van der Waals surface area (Å²) in [6.45, 7) is 1.92. The largest absolute Gasteiger partial charge is 0.308 e. The van der Waals surface area contributed by atoms with E-state index in [2.05, 4.69) is 10.4 Å². The van der Waals surface area contributed by atoms with Crippen LogP contribution in [0.1, 0.15) is 23.0 Å². The Morgan fingerprint density at radius 1 is 1.39 bits per heavy atom. The van der Waals surface area contributed by atoms with E-state index < -0.39 is 0 Å². The monoisotopic (exact) mass is 267 g/mol. The lowest BCUT2D eigenvalue weighted by Crippen LogP contribution is -2.21. The third kappa shape index (κ3) is 2.40. The molecule has 5 heteroatoms. The highest BCUT2D eigenvalue weighted by atomic mass is 35.5. The number of hydrogen-bond acceptors (Lipinski definition) is 2. The second kappa shape index (κ2) is 5.08. The zero-order valence-corrected chi connectivity index (χ0v) is 11.3. The van der Waals surface area contributed by atoms with Crippen molar-refractivity contribution in [3.8, 4) is 0 Å². The molecule has 0 aliphatic carbocycles. The zero-order chi connectivity index (χ0) is 13.3. The Labute approximate surface area is 111 Å². The van der Waals surface area contributed by atoms with E-state index in [1.807, 2.05) is 27.1 Å². The number of rotatable bonds is 3. The SMILES string of the molecule is CNC(c1cc(F)ccc1Cl)c1cc(C)nn1C. The molecule has 0 amide bonds. The summed E-state index contributed by atoms with van der Waals surface area (Å²) in [7, 11) is 3.67. The van der Waals surface area contributed by atoms with Gasteiger partial charge in [-0.3, -0.25) is 4.68 Å². The van der Waals surface area contributed by atoms with Crippen molar-refractivity contribution in [3.63, 3.8) is 0 Å². The standard InChI is InChI=1S/C13H15ClFN3/c1-8-6-12(18(3)17-8)13(16-2)10-7-9(15)4-5-11(10)14/h4-7,13,16H,1-3H3. The Morgan fingerprint density at radius 3 is 2.67 bits per heavy atom. The third-order valence-electron chi connectivity index (χ3n) is 2.89. The van der Waals surface area contributed by atoms with Gasteiger partial charge in [-0.15, -0.1) is 0 Å². The van der Waals surface area contributed by atoms with Gasteiger partial charge in [-0.25, -0.2) is 4.39 Å². The van der Waals surface area contributed by atoms with Gasteiger partial charge in [0, 0.05) is 12.1 Å². The van der Waals surface area contributed by atoms with E-state index in [-0.39, 0.29) is 11.9 Å². The van der Waals surface area contributed by atoms with Crippen molar-refractivity contribution >= 4 is 11.6 Å². The predicted molar refractivity (Wildman–Crippen MR) is 70.3 cm³/mol. The van der Waals surface area contributed by atoms with Crippen molar-refractivity contribution in [2.75, 3.05) is 7.05 Å². The van der Waals surface area contributed by atoms with Crippen LogP contribution in [0.5, 0.6) is 0 Å². The van der Waals surface area contributed by atoms with Crippen molar-refractivity contribution < 1.29 is 4.39 Å². The fourth-order valence-electron chi connectivity index (χ4n) is 2.10. The van der Waals surface area contributed by atoms with E-state index in [4.69, 9.17) is 11.6 Å². The summed E-state index contributed by atoms with van der Waals surface area (Å²) in [6.07, 6.45) is 0. The number of halogens is 2. The number of benzene rings is 1. The minimum absolute atomic E-state index is 0.181. The molecular weight excluding hydrogens is 253 g/mol. The maximum atomic E-state index is 13.4. The second-order valence-corrected chi connectivity index (χ2v) is 4.63. The minimum Gasteiger partial charge on any atom is -0.308 e. The molecule has 1 heterocycles. The van der Waals surface area contributed by atoms with Gasteiger partial charge in [0.05, 0.1) is 17.4 Å². The molecule has 0 spiro atoms. The van der Waals surface area contributed by atoms with Crippen LogP contribution in [0, 0.1) is 12.7 Å². The maximum absolute atomic E-state index is 13.4. The molecule has 0 aliphatic heterocycles. The van der Waals surface area contributed by atoms with Crippen molar-refractivity contribution in [3.05, 3.63) is 52.1 Å². The molecule has 0 aliphatic rings. The molecule has 0 saturated heterocycles. The summed E-state index contributed by atoms with van der Waals surface area (Å²) in [4.78, 5) is 0. The van der Waals surface area contributed by atoms with Crippen LogP contribution < -0.4 is 5.32 Å². The van der Waals surface area contributed by atoms with Gasteiger partial charge in [-0.1, -0.05) is 11.6 Å². The summed E-state index contributed by atoms with van der Waals surface area (Å²) in [5, 5.41) is 7.98. The number of aryl methyl sites for hydroxylation is 2. The normalized spacial score (nSPS) is 12.7. The third-order valence-corrected chi connectivity index (χ3v) is 3.24. The van der Waals surface area contributed by atoms with Gasteiger partial charge in [0.15, 0.2) is 0 Å². The molecule has 2 rings (SSSR count). The number of aromatic nitrogens is 2. The van der Waals surface area contributed by atoms with Gasteiger partial charge < -0.3 is 5.32 Å². The average Bonchev–Trinajstić information content (AvgIpc) is 2.64. The molecule has 18 heavy (non-hydrogen) atoms. The smallest absolute Gasteiger partial charge is 0.123 e. The van der Waals surface area contributed by atoms with Crippen LogP contribution in [-0.2, 0) is 7.05 Å². The molecule has 1 atom stereocenters. The summed E-state index contributed by atoms with van der Waals surface area (Å²) >= 11 is 6.14. The second-order valence-electron chi connectivity index (χ2n) is 4.22. The lowest BCUT2D eigenvalue weighted by molar-refractivity contribution is 0.591. The van der Waals surface area contributed by atoms with E-state index in [0.717, 1.165) is 11.4 Å². The van der Waals surface area contributed by atoms with Crippen LogP contribution in [0.4, 0.5) is 4.39 Å². The summed E-state index contributed by atoms with van der Waals surface area (Å²) in [5.74, 6) is -0.298.